The summed E-state index contributed by atoms with van der Waals surface area (Å²) in [6.07, 6.45) is 5.75. The predicted molar refractivity (Wildman–Crippen MR) is 100 cm³/mol. The number of likely N-dealkylation sites (tertiary alicyclic amines) is 2. The normalized spacial score (nSPS) is 22.4. The third kappa shape index (κ3) is 5.29. The van der Waals surface area contributed by atoms with E-state index in [9.17, 15) is 4.79 Å². The van der Waals surface area contributed by atoms with E-state index in [1.54, 1.807) is 7.11 Å². The van der Waals surface area contributed by atoms with Crippen LogP contribution in [-0.4, -0.2) is 62.1 Å². The van der Waals surface area contributed by atoms with E-state index >= 15 is 0 Å². The summed E-state index contributed by atoms with van der Waals surface area (Å²) in [4.78, 5) is 17.3. The highest BCUT2D eigenvalue weighted by Gasteiger charge is 2.32. The maximum atomic E-state index is 12.8. The van der Waals surface area contributed by atoms with Gasteiger partial charge in [-0.05, 0) is 50.1 Å². The molecule has 0 N–H and O–H groups in total. The molecular weight excluding hydrogens is 312 g/mol. The Kier molecular flexibility index (Phi) is 6.88. The summed E-state index contributed by atoms with van der Waals surface area (Å²) < 4.78 is 5.15. The third-order valence-electron chi connectivity index (χ3n) is 5.84. The molecule has 0 aliphatic carbocycles. The molecule has 25 heavy (non-hydrogen) atoms. The van der Waals surface area contributed by atoms with Crippen LogP contribution in [0, 0.1) is 11.8 Å². The van der Waals surface area contributed by atoms with E-state index in [-0.39, 0.29) is 5.92 Å². The Labute approximate surface area is 152 Å². The Morgan fingerprint density at radius 1 is 1.12 bits per heavy atom. The van der Waals surface area contributed by atoms with Crippen molar-refractivity contribution in [1.82, 2.24) is 9.80 Å². The minimum Gasteiger partial charge on any atom is -0.383 e. The van der Waals surface area contributed by atoms with Crippen LogP contribution in [0.2, 0.25) is 0 Å². The lowest BCUT2D eigenvalue weighted by atomic mass is 9.90. The fourth-order valence-electron chi connectivity index (χ4n) is 4.17. The van der Waals surface area contributed by atoms with Gasteiger partial charge < -0.3 is 14.5 Å². The fourth-order valence-corrected chi connectivity index (χ4v) is 4.17. The second-order valence-corrected chi connectivity index (χ2v) is 7.57. The van der Waals surface area contributed by atoms with Crippen molar-refractivity contribution in [2.75, 3.05) is 46.4 Å². The number of hydrogen-bond acceptors (Lipinski definition) is 3. The molecule has 1 aromatic carbocycles. The lowest BCUT2D eigenvalue weighted by Crippen LogP contribution is -2.42. The molecule has 0 saturated carbocycles. The SMILES string of the molecule is COCCN1CC[C@@H](C(=O)N2CCC(CCc3ccccc3)CC2)C1. The predicted octanol–water partition coefficient (Wildman–Crippen LogP) is 2.83. The highest BCUT2D eigenvalue weighted by Crippen LogP contribution is 2.25. The first-order valence-corrected chi connectivity index (χ1v) is 9.80. The molecule has 4 nitrogen and oxygen atoms in total. The molecule has 0 unspecified atom stereocenters. The molecule has 138 valence electrons. The van der Waals surface area contributed by atoms with Gasteiger partial charge in [0.25, 0.3) is 0 Å². The van der Waals surface area contributed by atoms with Gasteiger partial charge in [0.05, 0.1) is 12.5 Å². The summed E-state index contributed by atoms with van der Waals surface area (Å²) in [5, 5.41) is 0. The Morgan fingerprint density at radius 2 is 1.88 bits per heavy atom. The second-order valence-electron chi connectivity index (χ2n) is 7.57. The van der Waals surface area contributed by atoms with Crippen LogP contribution in [0.15, 0.2) is 30.3 Å². The number of rotatable bonds is 7. The van der Waals surface area contributed by atoms with E-state index in [2.05, 4.69) is 40.1 Å². The number of aryl methyl sites for hydroxylation is 1. The molecule has 0 bridgehead atoms. The maximum Gasteiger partial charge on any atom is 0.227 e. The maximum absolute atomic E-state index is 12.8. The van der Waals surface area contributed by atoms with Crippen molar-refractivity contribution in [3.05, 3.63) is 35.9 Å². The molecule has 0 aromatic heterocycles. The van der Waals surface area contributed by atoms with Crippen LogP contribution >= 0.6 is 0 Å². The van der Waals surface area contributed by atoms with Gasteiger partial charge >= 0.3 is 0 Å². The summed E-state index contributed by atoms with van der Waals surface area (Å²) in [7, 11) is 1.74. The number of nitrogens with zero attached hydrogens (tertiary/aromatic N) is 2. The van der Waals surface area contributed by atoms with Gasteiger partial charge in [-0.3, -0.25) is 4.79 Å². The number of benzene rings is 1. The monoisotopic (exact) mass is 344 g/mol. The minimum atomic E-state index is 0.206. The van der Waals surface area contributed by atoms with Crippen LogP contribution in [0.4, 0.5) is 0 Å². The van der Waals surface area contributed by atoms with Crippen molar-refractivity contribution in [3.8, 4) is 0 Å². The first kappa shape index (κ1) is 18.4. The number of carbonyl (C=O) groups excluding carboxylic acids is 1. The first-order chi connectivity index (χ1) is 12.3. The van der Waals surface area contributed by atoms with Crippen LogP contribution in [0.5, 0.6) is 0 Å². The largest absolute Gasteiger partial charge is 0.383 e. The van der Waals surface area contributed by atoms with Gasteiger partial charge in [0, 0.05) is 33.3 Å². The smallest absolute Gasteiger partial charge is 0.227 e. The summed E-state index contributed by atoms with van der Waals surface area (Å²) in [5.74, 6) is 1.37. The second kappa shape index (κ2) is 9.35. The Morgan fingerprint density at radius 3 is 2.60 bits per heavy atom. The summed E-state index contributed by atoms with van der Waals surface area (Å²) in [5.41, 5.74) is 1.43. The number of ether oxygens (including phenoxy) is 1. The average Bonchev–Trinajstić information content (AvgIpc) is 3.14. The van der Waals surface area contributed by atoms with E-state index in [4.69, 9.17) is 4.74 Å². The first-order valence-electron chi connectivity index (χ1n) is 9.80. The lowest BCUT2D eigenvalue weighted by Gasteiger charge is -2.33. The number of methoxy groups -OCH3 is 1. The molecule has 1 atom stereocenters. The third-order valence-corrected chi connectivity index (χ3v) is 5.84. The van der Waals surface area contributed by atoms with Gasteiger partial charge in [0.2, 0.25) is 5.91 Å². The van der Waals surface area contributed by atoms with Crippen molar-refractivity contribution in [2.45, 2.75) is 32.1 Å². The molecule has 2 saturated heterocycles. The van der Waals surface area contributed by atoms with Gasteiger partial charge in [-0.1, -0.05) is 30.3 Å². The molecule has 0 radical (unpaired) electrons. The molecule has 4 heteroatoms. The highest BCUT2D eigenvalue weighted by molar-refractivity contribution is 5.79. The Hall–Kier alpha value is -1.39. The zero-order valence-electron chi connectivity index (χ0n) is 15.5. The van der Waals surface area contributed by atoms with Crippen LogP contribution in [0.1, 0.15) is 31.2 Å². The number of hydrogen-bond donors (Lipinski definition) is 0. The van der Waals surface area contributed by atoms with Gasteiger partial charge in [0.15, 0.2) is 0 Å². The molecule has 1 aromatic rings. The molecule has 0 spiro atoms. The lowest BCUT2D eigenvalue weighted by molar-refractivity contribution is -0.136. The molecule has 2 heterocycles. The number of amides is 1. The van der Waals surface area contributed by atoms with Crippen LogP contribution in [0.3, 0.4) is 0 Å². The van der Waals surface area contributed by atoms with Gasteiger partial charge in [-0.2, -0.15) is 0 Å². The number of piperidine rings is 1. The van der Waals surface area contributed by atoms with E-state index in [0.29, 0.717) is 5.91 Å². The summed E-state index contributed by atoms with van der Waals surface area (Å²) in [6, 6.07) is 10.7. The summed E-state index contributed by atoms with van der Waals surface area (Å²) >= 11 is 0. The quantitative estimate of drug-likeness (QED) is 0.762. The van der Waals surface area contributed by atoms with Gasteiger partial charge in [-0.15, -0.1) is 0 Å². The highest BCUT2D eigenvalue weighted by atomic mass is 16.5. The van der Waals surface area contributed by atoms with Crippen molar-refractivity contribution in [1.29, 1.82) is 0 Å². The Balaban J connectivity index is 1.38. The van der Waals surface area contributed by atoms with E-state index in [1.807, 2.05) is 0 Å². The fraction of sp³-hybridized carbons (Fsp3) is 0.667. The standard InChI is InChI=1S/C21H32N2O2/c1-25-16-15-22-12-11-20(17-22)21(24)23-13-9-19(10-14-23)8-7-18-5-3-2-4-6-18/h2-6,19-20H,7-17H2,1H3/t20-/m1/s1. The Bertz CT molecular complexity index is 526. The van der Waals surface area contributed by atoms with Crippen molar-refractivity contribution in [2.24, 2.45) is 11.8 Å². The molecule has 2 aliphatic rings. The van der Waals surface area contributed by atoms with E-state index in [1.165, 1.54) is 24.8 Å². The molecule has 1 amide bonds. The topological polar surface area (TPSA) is 32.8 Å². The van der Waals surface area contributed by atoms with Crippen molar-refractivity contribution < 1.29 is 9.53 Å². The molecule has 2 aliphatic heterocycles. The minimum absolute atomic E-state index is 0.206. The average molecular weight is 344 g/mol. The van der Waals surface area contributed by atoms with Gasteiger partial charge in [0.1, 0.15) is 0 Å². The molecule has 3 rings (SSSR count). The van der Waals surface area contributed by atoms with E-state index in [0.717, 1.165) is 58.1 Å². The zero-order chi connectivity index (χ0) is 17.5. The van der Waals surface area contributed by atoms with Gasteiger partial charge in [-0.25, -0.2) is 0 Å². The van der Waals surface area contributed by atoms with Crippen LogP contribution in [0.25, 0.3) is 0 Å². The van der Waals surface area contributed by atoms with Crippen LogP contribution < -0.4 is 0 Å². The zero-order valence-corrected chi connectivity index (χ0v) is 15.5. The van der Waals surface area contributed by atoms with Crippen LogP contribution in [-0.2, 0) is 16.0 Å². The molecule has 2 fully saturated rings. The number of carbonyl (C=O) groups is 1. The van der Waals surface area contributed by atoms with Crippen molar-refractivity contribution >= 4 is 5.91 Å². The molecular formula is C21H32N2O2. The van der Waals surface area contributed by atoms with Crippen molar-refractivity contribution in [3.63, 3.8) is 0 Å². The van der Waals surface area contributed by atoms with E-state index < -0.39 is 0 Å². The summed E-state index contributed by atoms with van der Waals surface area (Å²) in [6.45, 7) is 5.55.